The van der Waals surface area contributed by atoms with Gasteiger partial charge in [-0.3, -0.25) is 4.79 Å². The van der Waals surface area contributed by atoms with Gasteiger partial charge in [0.1, 0.15) is 0 Å². The molecular formula is C24H20N2OS. The lowest BCUT2D eigenvalue weighted by Crippen LogP contribution is -2.25. The third-order valence-corrected chi connectivity index (χ3v) is 5.43. The van der Waals surface area contributed by atoms with Gasteiger partial charge in [-0.2, -0.15) is 5.10 Å². The van der Waals surface area contributed by atoms with Crippen molar-refractivity contribution in [3.05, 3.63) is 107 Å². The number of rotatable bonds is 5. The van der Waals surface area contributed by atoms with Gasteiger partial charge in [-0.15, -0.1) is 11.8 Å². The molecule has 0 N–H and O–H groups in total. The van der Waals surface area contributed by atoms with E-state index in [2.05, 4.69) is 17.2 Å². The summed E-state index contributed by atoms with van der Waals surface area (Å²) in [5.74, 6) is 0. The van der Waals surface area contributed by atoms with E-state index in [1.54, 1.807) is 22.6 Å². The van der Waals surface area contributed by atoms with E-state index in [0.717, 1.165) is 22.3 Å². The van der Waals surface area contributed by atoms with Gasteiger partial charge in [-0.1, -0.05) is 72.8 Å². The second kappa shape index (κ2) is 8.28. The standard InChI is InChI=1S/C24H20N2OS/c1-28-21-14-12-20(13-15-21)23-22(19-10-6-3-7-11-19)16-25-26(24(23)27)17-18-8-4-2-5-9-18/h2-16H,17H2,1H3. The van der Waals surface area contributed by atoms with Crippen molar-refractivity contribution in [1.29, 1.82) is 0 Å². The van der Waals surface area contributed by atoms with Crippen LogP contribution in [0.1, 0.15) is 5.56 Å². The van der Waals surface area contributed by atoms with Gasteiger partial charge in [0, 0.05) is 10.5 Å². The number of hydrogen-bond acceptors (Lipinski definition) is 3. The van der Waals surface area contributed by atoms with Gasteiger partial charge >= 0.3 is 0 Å². The maximum Gasteiger partial charge on any atom is 0.275 e. The summed E-state index contributed by atoms with van der Waals surface area (Å²) in [6, 6.07) is 28.0. The first-order valence-electron chi connectivity index (χ1n) is 9.10. The molecule has 0 atom stereocenters. The Morgan fingerprint density at radius 2 is 1.46 bits per heavy atom. The van der Waals surface area contributed by atoms with E-state index < -0.39 is 0 Å². The lowest BCUT2D eigenvalue weighted by Gasteiger charge is -2.13. The highest BCUT2D eigenvalue weighted by atomic mass is 32.2. The topological polar surface area (TPSA) is 34.9 Å². The molecule has 0 aliphatic rings. The lowest BCUT2D eigenvalue weighted by atomic mass is 9.97. The number of nitrogens with zero attached hydrogens (tertiary/aromatic N) is 2. The normalized spacial score (nSPS) is 10.8. The van der Waals surface area contributed by atoms with Crippen molar-refractivity contribution in [1.82, 2.24) is 9.78 Å². The van der Waals surface area contributed by atoms with E-state index >= 15 is 0 Å². The Balaban J connectivity index is 1.87. The zero-order valence-electron chi connectivity index (χ0n) is 15.6. The highest BCUT2D eigenvalue weighted by molar-refractivity contribution is 7.98. The summed E-state index contributed by atoms with van der Waals surface area (Å²) in [6.07, 6.45) is 3.85. The third-order valence-electron chi connectivity index (χ3n) is 4.68. The number of benzene rings is 3. The van der Waals surface area contributed by atoms with Crippen molar-refractivity contribution < 1.29 is 0 Å². The highest BCUT2D eigenvalue weighted by Gasteiger charge is 2.15. The van der Waals surface area contributed by atoms with Crippen LogP contribution in [0, 0.1) is 0 Å². The first-order valence-corrected chi connectivity index (χ1v) is 10.3. The molecule has 0 fully saturated rings. The molecule has 3 nitrogen and oxygen atoms in total. The van der Waals surface area contributed by atoms with Gasteiger partial charge in [0.05, 0.1) is 18.3 Å². The molecule has 0 spiro atoms. The van der Waals surface area contributed by atoms with Crippen LogP contribution in [0.3, 0.4) is 0 Å². The van der Waals surface area contributed by atoms with Gasteiger partial charge in [0.25, 0.3) is 5.56 Å². The van der Waals surface area contributed by atoms with E-state index in [-0.39, 0.29) is 5.56 Å². The fourth-order valence-electron chi connectivity index (χ4n) is 3.23. The van der Waals surface area contributed by atoms with Crippen molar-refractivity contribution >= 4 is 11.8 Å². The summed E-state index contributed by atoms with van der Waals surface area (Å²) < 4.78 is 1.54. The van der Waals surface area contributed by atoms with Crippen molar-refractivity contribution in [3.63, 3.8) is 0 Å². The monoisotopic (exact) mass is 384 g/mol. The molecule has 1 aromatic heterocycles. The van der Waals surface area contributed by atoms with Crippen LogP contribution >= 0.6 is 11.8 Å². The summed E-state index contributed by atoms with van der Waals surface area (Å²) in [4.78, 5) is 14.6. The first kappa shape index (κ1) is 18.3. The van der Waals surface area contributed by atoms with Crippen LogP contribution < -0.4 is 5.56 Å². The maximum absolute atomic E-state index is 13.4. The van der Waals surface area contributed by atoms with Crippen LogP contribution in [-0.4, -0.2) is 16.0 Å². The van der Waals surface area contributed by atoms with Crippen LogP contribution in [0.25, 0.3) is 22.3 Å². The summed E-state index contributed by atoms with van der Waals surface area (Å²) >= 11 is 1.69. The maximum atomic E-state index is 13.4. The number of thioether (sulfide) groups is 1. The lowest BCUT2D eigenvalue weighted by molar-refractivity contribution is 0.642. The Morgan fingerprint density at radius 3 is 2.11 bits per heavy atom. The second-order valence-electron chi connectivity index (χ2n) is 6.48. The van der Waals surface area contributed by atoms with Crippen molar-refractivity contribution in [2.75, 3.05) is 6.26 Å². The Hall–Kier alpha value is -3.11. The molecule has 4 aromatic rings. The zero-order valence-corrected chi connectivity index (χ0v) is 16.4. The summed E-state index contributed by atoms with van der Waals surface area (Å²) in [6.45, 7) is 0.449. The smallest absolute Gasteiger partial charge is 0.267 e. The summed E-state index contributed by atoms with van der Waals surface area (Å²) in [7, 11) is 0. The quantitative estimate of drug-likeness (QED) is 0.435. The minimum absolute atomic E-state index is 0.0814. The molecule has 1 heterocycles. The molecule has 3 aromatic carbocycles. The molecule has 0 aliphatic heterocycles. The van der Waals surface area contributed by atoms with E-state index in [1.165, 1.54) is 4.90 Å². The average Bonchev–Trinajstić information content (AvgIpc) is 2.76. The minimum atomic E-state index is -0.0814. The molecule has 4 rings (SSSR count). The van der Waals surface area contributed by atoms with Crippen molar-refractivity contribution in [2.24, 2.45) is 0 Å². The third kappa shape index (κ3) is 3.78. The summed E-state index contributed by atoms with van der Waals surface area (Å²) in [5.41, 5.74) is 4.40. The largest absolute Gasteiger partial charge is 0.275 e. The Morgan fingerprint density at radius 1 is 0.821 bits per heavy atom. The zero-order chi connectivity index (χ0) is 19.3. The van der Waals surface area contributed by atoms with Crippen LogP contribution in [0.2, 0.25) is 0 Å². The molecule has 0 saturated carbocycles. The molecule has 0 amide bonds. The van der Waals surface area contributed by atoms with Crippen LogP contribution in [-0.2, 0) is 6.54 Å². The van der Waals surface area contributed by atoms with Crippen molar-refractivity contribution in [3.8, 4) is 22.3 Å². The first-order chi connectivity index (χ1) is 13.8. The molecule has 138 valence electrons. The summed E-state index contributed by atoms with van der Waals surface area (Å²) in [5, 5.41) is 4.47. The molecule has 0 bridgehead atoms. The van der Waals surface area contributed by atoms with Crippen LogP contribution in [0.5, 0.6) is 0 Å². The second-order valence-corrected chi connectivity index (χ2v) is 7.36. The SMILES string of the molecule is CSc1ccc(-c2c(-c3ccccc3)cnn(Cc3ccccc3)c2=O)cc1. The van der Waals surface area contributed by atoms with E-state index in [4.69, 9.17) is 0 Å². The van der Waals surface area contributed by atoms with Gasteiger partial charge in [-0.05, 0) is 35.1 Å². The highest BCUT2D eigenvalue weighted by Crippen LogP contribution is 2.29. The van der Waals surface area contributed by atoms with E-state index in [0.29, 0.717) is 12.1 Å². The van der Waals surface area contributed by atoms with Gasteiger partial charge in [0.15, 0.2) is 0 Å². The molecule has 4 heteroatoms. The van der Waals surface area contributed by atoms with E-state index in [1.807, 2.05) is 79.1 Å². The molecule has 28 heavy (non-hydrogen) atoms. The van der Waals surface area contributed by atoms with Crippen LogP contribution in [0.15, 0.2) is 101 Å². The predicted octanol–water partition coefficient (Wildman–Crippen LogP) is 5.35. The number of hydrogen-bond donors (Lipinski definition) is 0. The number of aromatic nitrogens is 2. The molecule has 0 aliphatic carbocycles. The Labute approximate surface area is 168 Å². The molecule has 0 saturated heterocycles. The fourth-order valence-corrected chi connectivity index (χ4v) is 3.64. The van der Waals surface area contributed by atoms with E-state index in [9.17, 15) is 4.79 Å². The van der Waals surface area contributed by atoms with Gasteiger partial charge in [-0.25, -0.2) is 4.68 Å². The Bertz CT molecular complexity index is 1120. The Kier molecular flexibility index (Phi) is 5.40. The minimum Gasteiger partial charge on any atom is -0.267 e. The van der Waals surface area contributed by atoms with Gasteiger partial charge in [0.2, 0.25) is 0 Å². The fraction of sp³-hybridized carbons (Fsp3) is 0.0833. The predicted molar refractivity (Wildman–Crippen MR) is 117 cm³/mol. The van der Waals surface area contributed by atoms with Gasteiger partial charge < -0.3 is 0 Å². The average molecular weight is 385 g/mol. The molecule has 0 radical (unpaired) electrons. The molecule has 0 unspecified atom stereocenters. The van der Waals surface area contributed by atoms with Crippen LogP contribution in [0.4, 0.5) is 0 Å². The van der Waals surface area contributed by atoms with Crippen molar-refractivity contribution in [2.45, 2.75) is 11.4 Å². The molecular weight excluding hydrogens is 364 g/mol.